The van der Waals surface area contributed by atoms with E-state index in [2.05, 4.69) is 0 Å². The summed E-state index contributed by atoms with van der Waals surface area (Å²) in [6.45, 7) is 0.809. The van der Waals surface area contributed by atoms with E-state index in [0.29, 0.717) is 19.5 Å². The number of carbonyl (C=O) groups is 2. The molecule has 0 aliphatic heterocycles. The average Bonchev–Trinajstić information content (AvgIpc) is 2.57. The molecule has 0 unspecified atom stereocenters. The highest BCUT2D eigenvalue weighted by Crippen LogP contribution is 2.34. The zero-order valence-electron chi connectivity index (χ0n) is 8.92. The van der Waals surface area contributed by atoms with E-state index in [4.69, 9.17) is 14.2 Å². The average molecular weight is 216 g/mol. The maximum atomic E-state index is 10.9. The number of carbonyl (C=O) groups excluding carboxylic acids is 2. The molecule has 0 N–H and O–H groups in total. The SMILES string of the molecule is COC[C@H]1[C@H](C=O)[C@H](OC=O)C[C@@H]1OC. The van der Waals surface area contributed by atoms with E-state index in [1.165, 1.54) is 0 Å². The van der Waals surface area contributed by atoms with Gasteiger partial charge < -0.3 is 19.0 Å². The molecule has 0 aromatic carbocycles. The van der Waals surface area contributed by atoms with Crippen molar-refractivity contribution in [1.29, 1.82) is 0 Å². The summed E-state index contributed by atoms with van der Waals surface area (Å²) < 4.78 is 15.2. The first-order chi connectivity index (χ1) is 7.28. The van der Waals surface area contributed by atoms with Gasteiger partial charge in [0.1, 0.15) is 12.4 Å². The van der Waals surface area contributed by atoms with Crippen LogP contribution in [0.3, 0.4) is 0 Å². The first-order valence-electron chi connectivity index (χ1n) is 4.84. The molecule has 1 fully saturated rings. The Morgan fingerprint density at radius 1 is 1.27 bits per heavy atom. The second kappa shape index (κ2) is 5.82. The lowest BCUT2D eigenvalue weighted by Gasteiger charge is -2.19. The maximum Gasteiger partial charge on any atom is 0.293 e. The molecule has 1 saturated carbocycles. The number of hydrogen-bond acceptors (Lipinski definition) is 5. The third-order valence-corrected chi connectivity index (χ3v) is 2.92. The van der Waals surface area contributed by atoms with E-state index in [9.17, 15) is 9.59 Å². The van der Waals surface area contributed by atoms with E-state index < -0.39 is 0 Å². The molecule has 0 heterocycles. The molecule has 0 saturated heterocycles. The van der Waals surface area contributed by atoms with Crippen molar-refractivity contribution in [3.05, 3.63) is 0 Å². The number of aldehydes is 1. The molecule has 5 nitrogen and oxygen atoms in total. The van der Waals surface area contributed by atoms with E-state index in [0.717, 1.165) is 6.29 Å². The number of ether oxygens (including phenoxy) is 3. The highest BCUT2D eigenvalue weighted by atomic mass is 16.5. The Labute approximate surface area is 88.7 Å². The summed E-state index contributed by atoms with van der Waals surface area (Å²) in [5.41, 5.74) is 0. The second-order valence-corrected chi connectivity index (χ2v) is 3.61. The normalized spacial score (nSPS) is 35.1. The standard InChI is InChI=1S/C10H16O5/c1-13-5-8-7(4-11)10(15-6-12)3-9(8)14-2/h4,6-10H,3,5H2,1-2H3/t7-,8-,9-,10+/m0/s1. The Hall–Kier alpha value is -0.940. The van der Waals surface area contributed by atoms with Crippen molar-refractivity contribution < 1.29 is 23.8 Å². The Balaban J connectivity index is 2.71. The third kappa shape index (κ3) is 2.54. The van der Waals surface area contributed by atoms with Gasteiger partial charge in [-0.2, -0.15) is 0 Å². The maximum absolute atomic E-state index is 10.9. The fourth-order valence-corrected chi connectivity index (χ4v) is 2.17. The van der Waals surface area contributed by atoms with E-state index >= 15 is 0 Å². The van der Waals surface area contributed by atoms with Gasteiger partial charge in [-0.3, -0.25) is 4.79 Å². The van der Waals surface area contributed by atoms with Gasteiger partial charge in [0.05, 0.1) is 18.6 Å². The monoisotopic (exact) mass is 216 g/mol. The van der Waals surface area contributed by atoms with Crippen LogP contribution in [0.4, 0.5) is 0 Å². The molecule has 1 rings (SSSR count). The van der Waals surface area contributed by atoms with Crippen LogP contribution in [0.25, 0.3) is 0 Å². The summed E-state index contributed by atoms with van der Waals surface area (Å²) in [7, 11) is 3.15. The van der Waals surface area contributed by atoms with Crippen molar-refractivity contribution in [2.75, 3.05) is 20.8 Å². The summed E-state index contributed by atoms with van der Waals surface area (Å²) in [6, 6.07) is 0. The summed E-state index contributed by atoms with van der Waals surface area (Å²) in [6.07, 6.45) is 0.888. The second-order valence-electron chi connectivity index (χ2n) is 3.61. The largest absolute Gasteiger partial charge is 0.464 e. The number of rotatable bonds is 6. The lowest BCUT2D eigenvalue weighted by atomic mass is 9.96. The molecule has 5 heteroatoms. The van der Waals surface area contributed by atoms with Crippen molar-refractivity contribution in [3.8, 4) is 0 Å². The smallest absolute Gasteiger partial charge is 0.293 e. The number of hydrogen-bond donors (Lipinski definition) is 0. The van der Waals surface area contributed by atoms with E-state index in [-0.39, 0.29) is 24.0 Å². The fourth-order valence-electron chi connectivity index (χ4n) is 2.17. The quantitative estimate of drug-likeness (QED) is 0.586. The van der Waals surface area contributed by atoms with Crippen LogP contribution >= 0.6 is 0 Å². The summed E-state index contributed by atoms with van der Waals surface area (Å²) in [5, 5.41) is 0. The fraction of sp³-hybridized carbons (Fsp3) is 0.800. The van der Waals surface area contributed by atoms with Crippen LogP contribution in [0, 0.1) is 11.8 Å². The molecule has 0 aromatic rings. The van der Waals surface area contributed by atoms with Gasteiger partial charge in [-0.05, 0) is 0 Å². The van der Waals surface area contributed by atoms with Crippen LogP contribution < -0.4 is 0 Å². The summed E-state index contributed by atoms with van der Waals surface area (Å²) >= 11 is 0. The first kappa shape index (κ1) is 12.1. The van der Waals surface area contributed by atoms with Gasteiger partial charge >= 0.3 is 0 Å². The van der Waals surface area contributed by atoms with Crippen molar-refractivity contribution in [1.82, 2.24) is 0 Å². The molecule has 0 spiro atoms. The van der Waals surface area contributed by atoms with Crippen LogP contribution in [0.5, 0.6) is 0 Å². The highest BCUT2D eigenvalue weighted by molar-refractivity contribution is 5.57. The van der Waals surface area contributed by atoms with Gasteiger partial charge in [0.25, 0.3) is 6.47 Å². The summed E-state index contributed by atoms with van der Waals surface area (Å²) in [4.78, 5) is 21.2. The molecule has 0 bridgehead atoms. The van der Waals surface area contributed by atoms with Crippen LogP contribution in [-0.2, 0) is 23.8 Å². The van der Waals surface area contributed by atoms with E-state index in [1.54, 1.807) is 14.2 Å². The molecule has 1 aliphatic rings. The van der Waals surface area contributed by atoms with Crippen molar-refractivity contribution >= 4 is 12.8 Å². The Morgan fingerprint density at radius 2 is 2.00 bits per heavy atom. The molecule has 1 aliphatic carbocycles. The van der Waals surface area contributed by atoms with Gasteiger partial charge in [0.2, 0.25) is 0 Å². The molecule has 4 atom stereocenters. The van der Waals surface area contributed by atoms with Gasteiger partial charge in [0, 0.05) is 26.6 Å². The zero-order chi connectivity index (χ0) is 11.3. The van der Waals surface area contributed by atoms with Gasteiger partial charge in [0.15, 0.2) is 0 Å². The van der Waals surface area contributed by atoms with Gasteiger partial charge in [-0.25, -0.2) is 0 Å². The predicted molar refractivity (Wildman–Crippen MR) is 51.3 cm³/mol. The molecule has 0 radical (unpaired) electrons. The molecular formula is C10H16O5. The van der Waals surface area contributed by atoms with Crippen LogP contribution in [0.2, 0.25) is 0 Å². The van der Waals surface area contributed by atoms with Crippen molar-refractivity contribution in [2.24, 2.45) is 11.8 Å². The highest BCUT2D eigenvalue weighted by Gasteiger charge is 2.44. The lowest BCUT2D eigenvalue weighted by molar-refractivity contribution is -0.137. The van der Waals surface area contributed by atoms with Crippen molar-refractivity contribution in [3.63, 3.8) is 0 Å². The number of methoxy groups -OCH3 is 2. The lowest BCUT2D eigenvalue weighted by Crippen LogP contribution is -2.28. The minimum atomic E-state index is -0.384. The molecule has 0 aromatic heterocycles. The van der Waals surface area contributed by atoms with Crippen LogP contribution in [0.15, 0.2) is 0 Å². The molecule has 0 amide bonds. The zero-order valence-corrected chi connectivity index (χ0v) is 8.92. The van der Waals surface area contributed by atoms with Gasteiger partial charge in [-0.15, -0.1) is 0 Å². The predicted octanol–water partition coefficient (Wildman–Crippen LogP) is 0.0244. The molecule has 86 valence electrons. The summed E-state index contributed by atoms with van der Waals surface area (Å²) in [5.74, 6) is -0.373. The topological polar surface area (TPSA) is 61.8 Å². The molecular weight excluding hydrogens is 200 g/mol. The molecule has 15 heavy (non-hydrogen) atoms. The van der Waals surface area contributed by atoms with Gasteiger partial charge in [-0.1, -0.05) is 0 Å². The Morgan fingerprint density at radius 3 is 2.47 bits per heavy atom. The van der Waals surface area contributed by atoms with E-state index in [1.807, 2.05) is 0 Å². The van der Waals surface area contributed by atoms with Crippen LogP contribution in [0.1, 0.15) is 6.42 Å². The third-order valence-electron chi connectivity index (χ3n) is 2.92. The van der Waals surface area contributed by atoms with Crippen molar-refractivity contribution in [2.45, 2.75) is 18.6 Å². The van der Waals surface area contributed by atoms with Crippen LogP contribution in [-0.4, -0.2) is 45.8 Å². The Kier molecular flexibility index (Phi) is 4.71. The first-order valence-corrected chi connectivity index (χ1v) is 4.84. The minimum Gasteiger partial charge on any atom is -0.464 e. The Bertz CT molecular complexity index is 218. The minimum absolute atomic E-state index is 0.0394.